The van der Waals surface area contributed by atoms with Crippen molar-refractivity contribution in [1.82, 2.24) is 0 Å². The van der Waals surface area contributed by atoms with Crippen LogP contribution in [-0.4, -0.2) is 5.97 Å². The molecule has 0 fully saturated rings. The van der Waals surface area contributed by atoms with Crippen molar-refractivity contribution in [2.24, 2.45) is 0 Å². The third-order valence-electron chi connectivity index (χ3n) is 5.30. The van der Waals surface area contributed by atoms with Crippen molar-refractivity contribution in [2.45, 2.75) is 13.5 Å². The molecule has 0 saturated heterocycles. The lowest BCUT2D eigenvalue weighted by atomic mass is 9.88. The van der Waals surface area contributed by atoms with Crippen LogP contribution < -0.4 is 0 Å². The maximum Gasteiger partial charge on any atom is 0.333 e. The maximum atomic E-state index is 11.9. The fraction of sp³-hybridized carbons (Fsp3) is 0.0800. The zero-order chi connectivity index (χ0) is 18.5. The molecule has 0 aliphatic rings. The molecular formula is C25H18O2. The first-order valence-corrected chi connectivity index (χ1v) is 9.05. The van der Waals surface area contributed by atoms with Gasteiger partial charge in [-0.1, -0.05) is 73.3 Å². The predicted molar refractivity (Wildman–Crippen MR) is 112 cm³/mol. The highest BCUT2D eigenvalue weighted by Crippen LogP contribution is 2.41. The van der Waals surface area contributed by atoms with E-state index in [1.807, 2.05) is 0 Å². The van der Waals surface area contributed by atoms with Gasteiger partial charge in [0.15, 0.2) is 0 Å². The molecule has 5 rings (SSSR count). The van der Waals surface area contributed by atoms with Gasteiger partial charge in [-0.2, -0.15) is 0 Å². The summed E-state index contributed by atoms with van der Waals surface area (Å²) >= 11 is 0. The number of hydrogen-bond donors (Lipinski definition) is 0. The van der Waals surface area contributed by atoms with Crippen LogP contribution in [0.25, 0.3) is 43.1 Å². The lowest BCUT2D eigenvalue weighted by Crippen LogP contribution is -2.05. The third kappa shape index (κ3) is 2.30. The molecule has 0 unspecified atom stereocenters. The number of fused-ring (bicyclic) bond motifs is 2. The highest BCUT2D eigenvalue weighted by Gasteiger charge is 2.16. The minimum absolute atomic E-state index is 0.240. The zero-order valence-electron chi connectivity index (χ0n) is 15.1. The molecule has 0 amide bonds. The van der Waals surface area contributed by atoms with Crippen molar-refractivity contribution < 1.29 is 9.53 Å². The first kappa shape index (κ1) is 15.8. The minimum Gasteiger partial charge on any atom is -0.457 e. The molecule has 0 aliphatic heterocycles. The average Bonchev–Trinajstić information content (AvgIpc) is 2.70. The van der Waals surface area contributed by atoms with E-state index in [1.54, 1.807) is 6.92 Å². The van der Waals surface area contributed by atoms with Crippen LogP contribution in [0, 0.1) is 0 Å². The van der Waals surface area contributed by atoms with Crippen LogP contribution in [0.15, 0.2) is 78.9 Å². The van der Waals surface area contributed by atoms with Crippen molar-refractivity contribution in [3.05, 3.63) is 84.4 Å². The number of carbonyl (C=O) groups excluding carboxylic acids is 1. The van der Waals surface area contributed by atoms with E-state index in [1.165, 1.54) is 43.1 Å². The Kier molecular flexibility index (Phi) is 3.41. The molecule has 0 heterocycles. The fourth-order valence-corrected chi connectivity index (χ4v) is 4.11. The largest absolute Gasteiger partial charge is 0.457 e. The topological polar surface area (TPSA) is 26.3 Å². The third-order valence-corrected chi connectivity index (χ3v) is 5.30. The molecule has 0 atom stereocenters. The van der Waals surface area contributed by atoms with Gasteiger partial charge in [0, 0.05) is 5.57 Å². The first-order chi connectivity index (χ1) is 13.1. The summed E-state index contributed by atoms with van der Waals surface area (Å²) in [6.45, 7) is 5.58. The van der Waals surface area contributed by atoms with Gasteiger partial charge in [0.05, 0.1) is 0 Å². The summed E-state index contributed by atoms with van der Waals surface area (Å²) in [5, 5.41) is 9.78. The quantitative estimate of drug-likeness (QED) is 0.164. The molecule has 0 aromatic heterocycles. The predicted octanol–water partition coefficient (Wildman–Crippen LogP) is 6.36. The second-order valence-electron chi connectivity index (χ2n) is 7.07. The van der Waals surface area contributed by atoms with Gasteiger partial charge in [-0.25, -0.2) is 4.79 Å². The highest BCUT2D eigenvalue weighted by molar-refractivity contribution is 6.33. The SMILES string of the molecule is C=C(C)C(=O)OCc1ccc2cccc3c4cccc5cccc(c1c23)c54. The smallest absolute Gasteiger partial charge is 0.333 e. The summed E-state index contributed by atoms with van der Waals surface area (Å²) in [4.78, 5) is 11.9. The molecule has 130 valence electrons. The maximum absolute atomic E-state index is 11.9. The summed E-state index contributed by atoms with van der Waals surface area (Å²) in [6.07, 6.45) is 0. The van der Waals surface area contributed by atoms with Crippen molar-refractivity contribution in [1.29, 1.82) is 0 Å². The van der Waals surface area contributed by atoms with Crippen LogP contribution in [-0.2, 0) is 16.1 Å². The van der Waals surface area contributed by atoms with Gasteiger partial charge in [-0.3, -0.25) is 0 Å². The Morgan fingerprint density at radius 2 is 1.37 bits per heavy atom. The Morgan fingerprint density at radius 3 is 2.04 bits per heavy atom. The number of hydrogen-bond acceptors (Lipinski definition) is 2. The number of rotatable bonds is 3. The molecular weight excluding hydrogens is 332 g/mol. The molecule has 0 spiro atoms. The Morgan fingerprint density at radius 1 is 0.778 bits per heavy atom. The van der Waals surface area contributed by atoms with Gasteiger partial charge in [0.25, 0.3) is 0 Å². The van der Waals surface area contributed by atoms with Crippen LogP contribution >= 0.6 is 0 Å². The summed E-state index contributed by atoms with van der Waals surface area (Å²) in [7, 11) is 0. The molecule has 0 bridgehead atoms. The van der Waals surface area contributed by atoms with Crippen LogP contribution in [0.1, 0.15) is 12.5 Å². The molecule has 5 aromatic carbocycles. The van der Waals surface area contributed by atoms with Crippen molar-refractivity contribution in [2.75, 3.05) is 0 Å². The van der Waals surface area contributed by atoms with E-state index in [2.05, 4.69) is 73.3 Å². The normalized spacial score (nSPS) is 11.6. The Bertz CT molecular complexity index is 1360. The van der Waals surface area contributed by atoms with Crippen LogP contribution in [0.3, 0.4) is 0 Å². The van der Waals surface area contributed by atoms with E-state index in [4.69, 9.17) is 4.74 Å². The van der Waals surface area contributed by atoms with Gasteiger partial charge in [-0.15, -0.1) is 0 Å². The highest BCUT2D eigenvalue weighted by atomic mass is 16.5. The fourth-order valence-electron chi connectivity index (χ4n) is 4.11. The van der Waals surface area contributed by atoms with E-state index in [9.17, 15) is 4.79 Å². The molecule has 2 heteroatoms. The molecule has 2 nitrogen and oxygen atoms in total. The van der Waals surface area contributed by atoms with Gasteiger partial charge in [0.2, 0.25) is 0 Å². The average molecular weight is 350 g/mol. The molecule has 0 radical (unpaired) electrons. The van der Waals surface area contributed by atoms with Crippen molar-refractivity contribution in [3.63, 3.8) is 0 Å². The number of ether oxygens (including phenoxy) is 1. The Balaban J connectivity index is 1.91. The Labute approximate surface area is 157 Å². The van der Waals surface area contributed by atoms with E-state index in [-0.39, 0.29) is 12.6 Å². The number of carbonyl (C=O) groups is 1. The van der Waals surface area contributed by atoms with E-state index in [0.29, 0.717) is 5.57 Å². The second kappa shape index (κ2) is 5.82. The molecule has 27 heavy (non-hydrogen) atoms. The Hall–Kier alpha value is -3.39. The van der Waals surface area contributed by atoms with Gasteiger partial charge >= 0.3 is 5.97 Å². The molecule has 5 aromatic rings. The van der Waals surface area contributed by atoms with Crippen LogP contribution in [0.5, 0.6) is 0 Å². The van der Waals surface area contributed by atoms with Crippen LogP contribution in [0.2, 0.25) is 0 Å². The summed E-state index contributed by atoms with van der Waals surface area (Å²) in [6, 6.07) is 23.5. The number of benzene rings is 5. The molecule has 0 N–H and O–H groups in total. The zero-order valence-corrected chi connectivity index (χ0v) is 15.1. The first-order valence-electron chi connectivity index (χ1n) is 9.05. The lowest BCUT2D eigenvalue weighted by molar-refractivity contribution is -0.140. The van der Waals surface area contributed by atoms with Crippen molar-refractivity contribution in [3.8, 4) is 0 Å². The molecule has 0 saturated carbocycles. The van der Waals surface area contributed by atoms with Crippen molar-refractivity contribution >= 4 is 49.1 Å². The minimum atomic E-state index is -0.356. The molecule has 0 aliphatic carbocycles. The summed E-state index contributed by atoms with van der Waals surface area (Å²) in [5.74, 6) is -0.356. The summed E-state index contributed by atoms with van der Waals surface area (Å²) < 4.78 is 5.49. The number of esters is 1. The standard InChI is InChI=1S/C25H18O2/c1-15(2)25(26)27-14-18-13-12-17-8-4-10-20-19-9-3-6-16-7-5-11-21(22(16)19)24(18)23(17)20/h3-13H,1,14H2,2H3. The van der Waals surface area contributed by atoms with E-state index >= 15 is 0 Å². The van der Waals surface area contributed by atoms with Gasteiger partial charge in [0.1, 0.15) is 6.61 Å². The monoisotopic (exact) mass is 350 g/mol. The summed E-state index contributed by atoms with van der Waals surface area (Å²) in [5.41, 5.74) is 1.43. The second-order valence-corrected chi connectivity index (χ2v) is 7.07. The van der Waals surface area contributed by atoms with Gasteiger partial charge in [-0.05, 0) is 55.6 Å². The van der Waals surface area contributed by atoms with Gasteiger partial charge < -0.3 is 4.74 Å². The lowest BCUT2D eigenvalue weighted by Gasteiger charge is -2.17. The van der Waals surface area contributed by atoms with E-state index in [0.717, 1.165) is 5.56 Å². The van der Waals surface area contributed by atoms with E-state index < -0.39 is 0 Å². The van der Waals surface area contributed by atoms with Crippen LogP contribution in [0.4, 0.5) is 0 Å².